The van der Waals surface area contributed by atoms with Gasteiger partial charge in [-0.25, -0.2) is 0 Å². The highest BCUT2D eigenvalue weighted by Gasteiger charge is 2.31. The van der Waals surface area contributed by atoms with Gasteiger partial charge in [0.05, 0.1) is 12.2 Å². The number of ether oxygens (including phenoxy) is 1. The molecule has 1 N–H and O–H groups in total. The van der Waals surface area contributed by atoms with Crippen molar-refractivity contribution in [3.63, 3.8) is 0 Å². The molecule has 2 rings (SSSR count). The Balaban J connectivity index is 2.09. The van der Waals surface area contributed by atoms with Crippen LogP contribution in [0.15, 0.2) is 24.3 Å². The lowest BCUT2D eigenvalue weighted by Gasteiger charge is -2.21. The van der Waals surface area contributed by atoms with Gasteiger partial charge in [-0.05, 0) is 36.8 Å². The average Bonchev–Trinajstić information content (AvgIpc) is 2.83. The maximum absolute atomic E-state index is 10.4. The number of aliphatic hydroxyl groups excluding tert-OH is 1. The van der Waals surface area contributed by atoms with Crippen molar-refractivity contribution in [1.29, 1.82) is 0 Å². The normalized spacial score (nSPS) is 27.1. The van der Waals surface area contributed by atoms with Crippen molar-refractivity contribution in [3.8, 4) is 0 Å². The second-order valence-electron chi connectivity index (χ2n) is 5.45. The smallest absolute Gasteiger partial charge is 0.0843 e. The van der Waals surface area contributed by atoms with Gasteiger partial charge >= 0.3 is 0 Å². The van der Waals surface area contributed by atoms with Gasteiger partial charge in [0.15, 0.2) is 0 Å². The standard InChI is InChI=1S/C16H24O2/c1-4-11(2)13-5-7-14(8-6-13)16(17)15-9-10-18-12(15)3/h5-8,11-12,15-17H,4,9-10H2,1-3H3. The molecule has 0 spiro atoms. The van der Waals surface area contributed by atoms with Crippen LogP contribution in [-0.4, -0.2) is 17.8 Å². The summed E-state index contributed by atoms with van der Waals surface area (Å²) < 4.78 is 5.53. The van der Waals surface area contributed by atoms with E-state index in [-0.39, 0.29) is 12.0 Å². The minimum absolute atomic E-state index is 0.161. The second-order valence-corrected chi connectivity index (χ2v) is 5.45. The largest absolute Gasteiger partial charge is 0.388 e. The highest BCUT2D eigenvalue weighted by molar-refractivity contribution is 5.27. The van der Waals surface area contributed by atoms with Crippen LogP contribution in [0.25, 0.3) is 0 Å². The number of rotatable bonds is 4. The molecule has 0 saturated carbocycles. The molecule has 2 heteroatoms. The number of hydrogen-bond acceptors (Lipinski definition) is 2. The van der Waals surface area contributed by atoms with Crippen LogP contribution in [0.2, 0.25) is 0 Å². The maximum Gasteiger partial charge on any atom is 0.0843 e. The number of hydrogen-bond donors (Lipinski definition) is 1. The summed E-state index contributed by atoms with van der Waals surface area (Å²) in [6.07, 6.45) is 1.87. The minimum atomic E-state index is -0.395. The molecule has 2 nitrogen and oxygen atoms in total. The average molecular weight is 248 g/mol. The summed E-state index contributed by atoms with van der Waals surface area (Å²) in [5, 5.41) is 10.4. The molecule has 1 aliphatic heterocycles. The van der Waals surface area contributed by atoms with Crippen LogP contribution < -0.4 is 0 Å². The zero-order valence-electron chi connectivity index (χ0n) is 11.6. The number of aliphatic hydroxyl groups is 1. The Morgan fingerprint density at radius 2 is 1.89 bits per heavy atom. The first-order valence-corrected chi connectivity index (χ1v) is 7.03. The molecule has 1 aromatic rings. The molecule has 1 fully saturated rings. The fourth-order valence-corrected chi connectivity index (χ4v) is 2.67. The lowest BCUT2D eigenvalue weighted by molar-refractivity contribution is 0.0431. The third-order valence-corrected chi connectivity index (χ3v) is 4.30. The Morgan fingerprint density at radius 1 is 1.28 bits per heavy atom. The predicted octanol–water partition coefficient (Wildman–Crippen LogP) is 3.66. The summed E-state index contributed by atoms with van der Waals surface area (Å²) in [5.74, 6) is 0.823. The van der Waals surface area contributed by atoms with Gasteiger partial charge in [0.2, 0.25) is 0 Å². The molecular formula is C16H24O2. The van der Waals surface area contributed by atoms with E-state index in [4.69, 9.17) is 4.74 Å². The predicted molar refractivity (Wildman–Crippen MR) is 73.6 cm³/mol. The number of benzene rings is 1. The van der Waals surface area contributed by atoms with E-state index in [2.05, 4.69) is 45.0 Å². The molecule has 4 atom stereocenters. The van der Waals surface area contributed by atoms with Crippen molar-refractivity contribution in [2.75, 3.05) is 6.61 Å². The lowest BCUT2D eigenvalue weighted by atomic mass is 9.89. The van der Waals surface area contributed by atoms with Crippen LogP contribution in [-0.2, 0) is 4.74 Å². The van der Waals surface area contributed by atoms with E-state index in [1.165, 1.54) is 5.56 Å². The van der Waals surface area contributed by atoms with E-state index >= 15 is 0 Å². The third-order valence-electron chi connectivity index (χ3n) is 4.30. The summed E-state index contributed by atoms with van der Waals surface area (Å²) in [7, 11) is 0. The molecule has 1 heterocycles. The third kappa shape index (κ3) is 2.76. The molecule has 0 radical (unpaired) electrons. The first-order chi connectivity index (χ1) is 8.63. The van der Waals surface area contributed by atoms with E-state index in [1.54, 1.807) is 0 Å². The molecular weight excluding hydrogens is 224 g/mol. The molecule has 0 aliphatic carbocycles. The summed E-state index contributed by atoms with van der Waals surface area (Å²) in [4.78, 5) is 0. The maximum atomic E-state index is 10.4. The van der Waals surface area contributed by atoms with E-state index in [0.29, 0.717) is 5.92 Å². The first-order valence-electron chi connectivity index (χ1n) is 7.03. The highest BCUT2D eigenvalue weighted by atomic mass is 16.5. The van der Waals surface area contributed by atoms with Crippen LogP contribution in [0.3, 0.4) is 0 Å². The quantitative estimate of drug-likeness (QED) is 0.881. The second kappa shape index (κ2) is 5.85. The Bertz CT molecular complexity index is 371. The summed E-state index contributed by atoms with van der Waals surface area (Å²) >= 11 is 0. The highest BCUT2D eigenvalue weighted by Crippen LogP contribution is 2.33. The first kappa shape index (κ1) is 13.6. The Kier molecular flexibility index (Phi) is 4.41. The summed E-state index contributed by atoms with van der Waals surface area (Å²) in [6.45, 7) is 7.26. The van der Waals surface area contributed by atoms with Gasteiger partial charge < -0.3 is 9.84 Å². The van der Waals surface area contributed by atoms with Gasteiger partial charge in [-0.3, -0.25) is 0 Å². The van der Waals surface area contributed by atoms with E-state index < -0.39 is 6.10 Å². The van der Waals surface area contributed by atoms with Crippen molar-refractivity contribution >= 4 is 0 Å². The zero-order valence-corrected chi connectivity index (χ0v) is 11.6. The molecule has 1 aromatic carbocycles. The summed E-state index contributed by atoms with van der Waals surface area (Å²) in [5.41, 5.74) is 2.37. The van der Waals surface area contributed by atoms with Crippen molar-refractivity contribution in [3.05, 3.63) is 35.4 Å². The van der Waals surface area contributed by atoms with Gasteiger partial charge in [0, 0.05) is 12.5 Å². The zero-order chi connectivity index (χ0) is 13.1. The minimum Gasteiger partial charge on any atom is -0.388 e. The SMILES string of the molecule is CCC(C)c1ccc(C(O)C2CCOC2C)cc1. The van der Waals surface area contributed by atoms with Crippen LogP contribution in [0, 0.1) is 5.92 Å². The molecule has 18 heavy (non-hydrogen) atoms. The fourth-order valence-electron chi connectivity index (χ4n) is 2.67. The fraction of sp³-hybridized carbons (Fsp3) is 0.625. The molecule has 0 bridgehead atoms. The van der Waals surface area contributed by atoms with Gasteiger partial charge in [0.1, 0.15) is 0 Å². The Hall–Kier alpha value is -0.860. The van der Waals surface area contributed by atoms with Crippen LogP contribution >= 0.6 is 0 Å². The molecule has 0 amide bonds. The molecule has 0 aromatic heterocycles. The van der Waals surface area contributed by atoms with Crippen molar-refractivity contribution < 1.29 is 9.84 Å². The Morgan fingerprint density at radius 3 is 2.39 bits per heavy atom. The van der Waals surface area contributed by atoms with Crippen LogP contribution in [0.4, 0.5) is 0 Å². The van der Waals surface area contributed by atoms with E-state index in [1.807, 2.05) is 0 Å². The van der Waals surface area contributed by atoms with Gasteiger partial charge in [-0.2, -0.15) is 0 Å². The molecule has 1 aliphatic rings. The molecule has 4 unspecified atom stereocenters. The van der Waals surface area contributed by atoms with Gasteiger partial charge in [-0.1, -0.05) is 38.1 Å². The molecule has 1 saturated heterocycles. The monoisotopic (exact) mass is 248 g/mol. The summed E-state index contributed by atoms with van der Waals surface area (Å²) in [6, 6.07) is 8.43. The molecule has 100 valence electrons. The lowest BCUT2D eigenvalue weighted by Crippen LogP contribution is -2.19. The van der Waals surface area contributed by atoms with Crippen molar-refractivity contribution in [2.45, 2.75) is 51.7 Å². The van der Waals surface area contributed by atoms with E-state index in [9.17, 15) is 5.11 Å². The topological polar surface area (TPSA) is 29.5 Å². The van der Waals surface area contributed by atoms with Gasteiger partial charge in [0.25, 0.3) is 0 Å². The van der Waals surface area contributed by atoms with Gasteiger partial charge in [-0.15, -0.1) is 0 Å². The van der Waals surface area contributed by atoms with Crippen LogP contribution in [0.5, 0.6) is 0 Å². The van der Waals surface area contributed by atoms with Crippen molar-refractivity contribution in [1.82, 2.24) is 0 Å². The van der Waals surface area contributed by atoms with Crippen molar-refractivity contribution in [2.24, 2.45) is 5.92 Å². The van der Waals surface area contributed by atoms with Crippen LogP contribution in [0.1, 0.15) is 56.8 Å². The van der Waals surface area contributed by atoms with E-state index in [0.717, 1.165) is 25.0 Å². The Labute approximate surface area is 110 Å².